The topological polar surface area (TPSA) is 38.0 Å². The summed E-state index contributed by atoms with van der Waals surface area (Å²) >= 11 is 12.0. The molecule has 1 aliphatic rings. The monoisotopic (exact) mass is 300 g/mol. The second-order valence-electron chi connectivity index (χ2n) is 5.45. The molecule has 2 nitrogen and oxygen atoms in total. The van der Waals surface area contributed by atoms with Crippen molar-refractivity contribution in [3.8, 4) is 0 Å². The van der Waals surface area contributed by atoms with Crippen molar-refractivity contribution in [1.82, 2.24) is 5.32 Å². The number of halogens is 2. The molecule has 0 aromatic heterocycles. The highest BCUT2D eigenvalue weighted by atomic mass is 35.5. The summed E-state index contributed by atoms with van der Waals surface area (Å²) in [7, 11) is 0. The zero-order chi connectivity index (χ0) is 13.8. The molecule has 106 valence electrons. The van der Waals surface area contributed by atoms with Crippen LogP contribution in [0.15, 0.2) is 18.2 Å². The van der Waals surface area contributed by atoms with Crippen LogP contribution in [0.25, 0.3) is 0 Å². The smallest absolute Gasteiger partial charge is 0.0595 e. The van der Waals surface area contributed by atoms with Gasteiger partial charge in [0.25, 0.3) is 0 Å². The van der Waals surface area contributed by atoms with Crippen LogP contribution in [0.3, 0.4) is 0 Å². The summed E-state index contributed by atoms with van der Waals surface area (Å²) < 4.78 is 0. The van der Waals surface area contributed by atoms with Gasteiger partial charge < -0.3 is 11.1 Å². The first-order valence-electron chi connectivity index (χ1n) is 7.03. The fourth-order valence-electron chi connectivity index (χ4n) is 2.91. The first kappa shape index (κ1) is 15.1. The highest BCUT2D eigenvalue weighted by Crippen LogP contribution is 2.28. The zero-order valence-electron chi connectivity index (χ0n) is 11.3. The average molecular weight is 301 g/mol. The Morgan fingerprint density at radius 3 is 2.68 bits per heavy atom. The molecule has 3 unspecified atom stereocenters. The summed E-state index contributed by atoms with van der Waals surface area (Å²) in [5.74, 6) is 0.596. The lowest BCUT2D eigenvalue weighted by atomic mass is 9.84. The number of nitrogens with two attached hydrogens (primary N) is 1. The van der Waals surface area contributed by atoms with Crippen molar-refractivity contribution in [3.63, 3.8) is 0 Å². The lowest BCUT2D eigenvalue weighted by Gasteiger charge is -2.34. The van der Waals surface area contributed by atoms with E-state index in [2.05, 4.69) is 12.2 Å². The summed E-state index contributed by atoms with van der Waals surface area (Å²) in [6, 6.07) is 6.63. The third kappa shape index (κ3) is 3.85. The van der Waals surface area contributed by atoms with E-state index < -0.39 is 0 Å². The Hall–Kier alpha value is -0.280. The molecular weight excluding hydrogens is 279 g/mol. The standard InChI is InChI=1S/C15H22Cl2N2/c1-10(11-6-7-13(16)14(17)8-11)19-15-5-3-2-4-12(15)9-18/h6-8,10,12,15,19H,2-5,9,18H2,1H3. The normalized spacial score (nSPS) is 25.3. The summed E-state index contributed by atoms with van der Waals surface area (Å²) in [5, 5.41) is 4.93. The van der Waals surface area contributed by atoms with E-state index in [0.717, 1.165) is 6.54 Å². The van der Waals surface area contributed by atoms with Crippen LogP contribution in [0.5, 0.6) is 0 Å². The average Bonchev–Trinajstić information content (AvgIpc) is 2.42. The molecule has 19 heavy (non-hydrogen) atoms. The van der Waals surface area contributed by atoms with Gasteiger partial charge in [-0.25, -0.2) is 0 Å². The number of benzene rings is 1. The van der Waals surface area contributed by atoms with Crippen molar-refractivity contribution in [1.29, 1.82) is 0 Å². The maximum Gasteiger partial charge on any atom is 0.0595 e. The molecule has 0 amide bonds. The minimum atomic E-state index is 0.270. The molecule has 0 radical (unpaired) electrons. The van der Waals surface area contributed by atoms with Crippen molar-refractivity contribution in [2.24, 2.45) is 11.7 Å². The SMILES string of the molecule is CC(NC1CCCCC1CN)c1ccc(Cl)c(Cl)c1. The highest BCUT2D eigenvalue weighted by molar-refractivity contribution is 6.42. The van der Waals surface area contributed by atoms with Crippen LogP contribution in [0, 0.1) is 5.92 Å². The molecule has 1 saturated carbocycles. The molecule has 0 bridgehead atoms. The Labute approximate surface area is 125 Å². The van der Waals surface area contributed by atoms with E-state index in [1.165, 1.54) is 31.2 Å². The minimum absolute atomic E-state index is 0.270. The van der Waals surface area contributed by atoms with Gasteiger partial charge in [0.1, 0.15) is 0 Å². The van der Waals surface area contributed by atoms with Gasteiger partial charge in [-0.3, -0.25) is 0 Å². The quantitative estimate of drug-likeness (QED) is 0.876. The molecule has 3 N–H and O–H groups in total. The lowest BCUT2D eigenvalue weighted by Crippen LogP contribution is -2.42. The van der Waals surface area contributed by atoms with Gasteiger partial charge in [-0.2, -0.15) is 0 Å². The predicted octanol–water partition coefficient (Wildman–Crippen LogP) is 4.16. The van der Waals surface area contributed by atoms with E-state index in [4.69, 9.17) is 28.9 Å². The molecule has 1 aliphatic carbocycles. The van der Waals surface area contributed by atoms with E-state index in [1.54, 1.807) is 0 Å². The predicted molar refractivity (Wildman–Crippen MR) is 82.8 cm³/mol. The van der Waals surface area contributed by atoms with Gasteiger partial charge in [0.05, 0.1) is 10.0 Å². The van der Waals surface area contributed by atoms with Crippen molar-refractivity contribution < 1.29 is 0 Å². The fourth-order valence-corrected chi connectivity index (χ4v) is 3.21. The Morgan fingerprint density at radius 1 is 1.26 bits per heavy atom. The first-order chi connectivity index (χ1) is 9.11. The second kappa shape index (κ2) is 6.94. The van der Waals surface area contributed by atoms with Gasteiger partial charge in [0, 0.05) is 12.1 Å². The molecule has 1 aromatic carbocycles. The van der Waals surface area contributed by atoms with E-state index >= 15 is 0 Å². The maximum atomic E-state index is 6.08. The molecule has 4 heteroatoms. The van der Waals surface area contributed by atoms with Crippen molar-refractivity contribution >= 4 is 23.2 Å². The second-order valence-corrected chi connectivity index (χ2v) is 6.26. The van der Waals surface area contributed by atoms with Gasteiger partial charge in [-0.05, 0) is 49.9 Å². The lowest BCUT2D eigenvalue weighted by molar-refractivity contribution is 0.252. The third-order valence-corrected chi connectivity index (χ3v) is 4.86. The third-order valence-electron chi connectivity index (χ3n) is 4.12. The number of hydrogen-bond donors (Lipinski definition) is 2. The van der Waals surface area contributed by atoms with Crippen LogP contribution in [0.1, 0.15) is 44.2 Å². The van der Waals surface area contributed by atoms with E-state index in [1.807, 2.05) is 18.2 Å². The van der Waals surface area contributed by atoms with Crippen LogP contribution < -0.4 is 11.1 Å². The van der Waals surface area contributed by atoms with Gasteiger partial charge in [0.15, 0.2) is 0 Å². The van der Waals surface area contributed by atoms with Crippen LogP contribution in [-0.2, 0) is 0 Å². The molecule has 0 spiro atoms. The molecule has 0 heterocycles. The molecule has 0 saturated heterocycles. The number of rotatable bonds is 4. The minimum Gasteiger partial charge on any atom is -0.330 e. The first-order valence-corrected chi connectivity index (χ1v) is 7.78. The van der Waals surface area contributed by atoms with E-state index in [0.29, 0.717) is 22.0 Å². The number of nitrogens with one attached hydrogen (secondary N) is 1. The fraction of sp³-hybridized carbons (Fsp3) is 0.600. The zero-order valence-corrected chi connectivity index (χ0v) is 12.8. The van der Waals surface area contributed by atoms with Gasteiger partial charge >= 0.3 is 0 Å². The number of hydrogen-bond acceptors (Lipinski definition) is 2. The Bertz CT molecular complexity index is 423. The Kier molecular flexibility index (Phi) is 5.52. The van der Waals surface area contributed by atoms with Crippen LogP contribution >= 0.6 is 23.2 Å². The van der Waals surface area contributed by atoms with Crippen molar-refractivity contribution in [2.75, 3.05) is 6.54 Å². The molecular formula is C15H22Cl2N2. The van der Waals surface area contributed by atoms with E-state index in [9.17, 15) is 0 Å². The van der Waals surface area contributed by atoms with Crippen molar-refractivity contribution in [2.45, 2.75) is 44.7 Å². The van der Waals surface area contributed by atoms with Crippen LogP contribution in [0.2, 0.25) is 10.0 Å². The van der Waals surface area contributed by atoms with Gasteiger partial charge in [-0.1, -0.05) is 42.1 Å². The summed E-state index contributed by atoms with van der Waals surface area (Å²) in [5.41, 5.74) is 7.05. The molecule has 0 aliphatic heterocycles. The summed E-state index contributed by atoms with van der Waals surface area (Å²) in [6.07, 6.45) is 5.05. The molecule has 3 atom stereocenters. The largest absolute Gasteiger partial charge is 0.330 e. The Morgan fingerprint density at radius 2 is 2.00 bits per heavy atom. The van der Waals surface area contributed by atoms with Crippen LogP contribution in [0.4, 0.5) is 0 Å². The van der Waals surface area contributed by atoms with Crippen LogP contribution in [-0.4, -0.2) is 12.6 Å². The van der Waals surface area contributed by atoms with Gasteiger partial charge in [0.2, 0.25) is 0 Å². The summed E-state index contributed by atoms with van der Waals surface area (Å²) in [4.78, 5) is 0. The molecule has 1 fully saturated rings. The summed E-state index contributed by atoms with van der Waals surface area (Å²) in [6.45, 7) is 2.94. The Balaban J connectivity index is 2.02. The highest BCUT2D eigenvalue weighted by Gasteiger charge is 2.25. The maximum absolute atomic E-state index is 6.08. The van der Waals surface area contributed by atoms with Gasteiger partial charge in [-0.15, -0.1) is 0 Å². The molecule has 2 rings (SSSR count). The van der Waals surface area contributed by atoms with E-state index in [-0.39, 0.29) is 6.04 Å². The van der Waals surface area contributed by atoms with Crippen molar-refractivity contribution in [3.05, 3.63) is 33.8 Å². The molecule has 1 aromatic rings.